The summed E-state index contributed by atoms with van der Waals surface area (Å²) < 4.78 is 47.6. The van der Waals surface area contributed by atoms with Crippen LogP contribution in [0.3, 0.4) is 0 Å². The van der Waals surface area contributed by atoms with E-state index in [1.54, 1.807) is 0 Å². The van der Waals surface area contributed by atoms with Crippen LogP contribution in [0.2, 0.25) is 0 Å². The number of aliphatic hydroxyl groups excluding tert-OH is 1. The molecule has 0 aromatic heterocycles. The molecule has 0 radical (unpaired) electrons. The molecule has 33 heavy (non-hydrogen) atoms. The molecule has 0 amide bonds. The Labute approximate surface area is 197 Å². The van der Waals surface area contributed by atoms with E-state index in [0.29, 0.717) is 112 Å². The molecule has 1 N–H and O–H groups in total. The SMILES string of the molecule is CCCC(=O)OCCOCCOCCOCCOCCOCCOCCOCCOCCO. The Kier molecular flexibility index (Phi) is 28.4. The summed E-state index contributed by atoms with van der Waals surface area (Å²) in [6, 6.07) is 0. The van der Waals surface area contributed by atoms with Crippen LogP contribution in [0.15, 0.2) is 0 Å². The van der Waals surface area contributed by atoms with Gasteiger partial charge in [0.1, 0.15) is 6.61 Å². The third-order valence-corrected chi connectivity index (χ3v) is 3.78. The van der Waals surface area contributed by atoms with Gasteiger partial charge in [-0.2, -0.15) is 0 Å². The summed E-state index contributed by atoms with van der Waals surface area (Å²) in [5.74, 6) is -0.187. The van der Waals surface area contributed by atoms with E-state index in [4.69, 9.17) is 47.7 Å². The maximum atomic E-state index is 11.1. The maximum Gasteiger partial charge on any atom is 0.305 e. The lowest BCUT2D eigenvalue weighted by molar-refractivity contribution is -0.145. The van der Waals surface area contributed by atoms with Gasteiger partial charge in [0.15, 0.2) is 0 Å². The molecule has 198 valence electrons. The van der Waals surface area contributed by atoms with E-state index in [0.717, 1.165) is 6.42 Å². The number of carbonyl (C=O) groups excluding carboxylic acids is 1. The Bertz CT molecular complexity index is 385. The van der Waals surface area contributed by atoms with Crippen molar-refractivity contribution >= 4 is 5.97 Å². The largest absolute Gasteiger partial charge is 0.463 e. The van der Waals surface area contributed by atoms with E-state index < -0.39 is 0 Å². The molecule has 0 fully saturated rings. The average molecular weight is 485 g/mol. The average Bonchev–Trinajstić information content (AvgIpc) is 2.81. The monoisotopic (exact) mass is 484 g/mol. The van der Waals surface area contributed by atoms with Gasteiger partial charge < -0.3 is 47.7 Å². The predicted molar refractivity (Wildman–Crippen MR) is 120 cm³/mol. The molecule has 0 spiro atoms. The van der Waals surface area contributed by atoms with Gasteiger partial charge in [-0.15, -0.1) is 0 Å². The van der Waals surface area contributed by atoms with Crippen LogP contribution in [0, 0.1) is 0 Å². The second-order valence-electron chi connectivity index (χ2n) is 6.59. The molecule has 0 unspecified atom stereocenters. The van der Waals surface area contributed by atoms with Gasteiger partial charge in [0, 0.05) is 6.42 Å². The number of aliphatic hydroxyl groups is 1. The van der Waals surface area contributed by atoms with Crippen molar-refractivity contribution in [3.63, 3.8) is 0 Å². The zero-order valence-corrected chi connectivity index (χ0v) is 20.2. The molecule has 11 heteroatoms. The molecule has 0 aromatic rings. The summed E-state index contributed by atoms with van der Waals surface area (Å²) >= 11 is 0. The van der Waals surface area contributed by atoms with E-state index in [1.807, 2.05) is 6.92 Å². The third-order valence-electron chi connectivity index (χ3n) is 3.78. The number of ether oxygens (including phenoxy) is 9. The zero-order chi connectivity index (χ0) is 24.1. The number of rotatable bonds is 28. The lowest BCUT2D eigenvalue weighted by Crippen LogP contribution is -2.15. The molecule has 0 aliphatic carbocycles. The summed E-state index contributed by atoms with van der Waals surface area (Å²) in [5.41, 5.74) is 0. The molecule has 0 aliphatic rings. The van der Waals surface area contributed by atoms with Crippen molar-refractivity contribution in [3.8, 4) is 0 Å². The normalized spacial score (nSPS) is 11.2. The van der Waals surface area contributed by atoms with Crippen molar-refractivity contribution in [1.29, 1.82) is 0 Å². The van der Waals surface area contributed by atoms with E-state index >= 15 is 0 Å². The second-order valence-corrected chi connectivity index (χ2v) is 6.59. The summed E-state index contributed by atoms with van der Waals surface area (Å²) in [7, 11) is 0. The molecule has 0 atom stereocenters. The molecule has 0 heterocycles. The molecular formula is C22H44O11. The Morgan fingerprint density at radius 3 is 1.03 bits per heavy atom. The quantitative estimate of drug-likeness (QED) is 0.123. The minimum absolute atomic E-state index is 0.0256. The number of carbonyl (C=O) groups is 1. The van der Waals surface area contributed by atoms with Gasteiger partial charge in [0.2, 0.25) is 0 Å². The van der Waals surface area contributed by atoms with E-state index in [9.17, 15) is 4.79 Å². The predicted octanol–water partition coefficient (Wildman–Crippen LogP) is 0.455. The van der Waals surface area contributed by atoms with Crippen molar-refractivity contribution in [2.75, 3.05) is 119 Å². The second kappa shape index (κ2) is 29.1. The molecule has 0 saturated heterocycles. The van der Waals surface area contributed by atoms with Crippen LogP contribution < -0.4 is 0 Å². The van der Waals surface area contributed by atoms with E-state index in [1.165, 1.54) is 0 Å². The Morgan fingerprint density at radius 1 is 0.485 bits per heavy atom. The molecule has 0 aromatic carbocycles. The summed E-state index contributed by atoms with van der Waals surface area (Å²) in [5, 5.41) is 8.54. The third kappa shape index (κ3) is 29.1. The lowest BCUT2D eigenvalue weighted by atomic mass is 10.3. The highest BCUT2D eigenvalue weighted by atomic mass is 16.6. The van der Waals surface area contributed by atoms with Crippen LogP contribution >= 0.6 is 0 Å². The van der Waals surface area contributed by atoms with Gasteiger partial charge in [-0.3, -0.25) is 4.79 Å². The molecule has 0 bridgehead atoms. The highest BCUT2D eigenvalue weighted by molar-refractivity contribution is 5.69. The first-order valence-electron chi connectivity index (χ1n) is 11.7. The Morgan fingerprint density at radius 2 is 0.758 bits per heavy atom. The lowest BCUT2D eigenvalue weighted by Gasteiger charge is -2.08. The molecule has 0 rings (SSSR count). The summed E-state index contributed by atoms with van der Waals surface area (Å²) in [6.45, 7) is 9.83. The fraction of sp³-hybridized carbons (Fsp3) is 0.955. The van der Waals surface area contributed by atoms with Crippen molar-refractivity contribution < 1.29 is 52.5 Å². The first kappa shape index (κ1) is 32.1. The minimum atomic E-state index is -0.187. The summed E-state index contributed by atoms with van der Waals surface area (Å²) in [4.78, 5) is 11.1. The van der Waals surface area contributed by atoms with Crippen LogP contribution in [0.4, 0.5) is 0 Å². The van der Waals surface area contributed by atoms with Crippen molar-refractivity contribution in [2.45, 2.75) is 19.8 Å². The van der Waals surface area contributed by atoms with Crippen LogP contribution in [-0.4, -0.2) is 130 Å². The summed E-state index contributed by atoms with van der Waals surface area (Å²) in [6.07, 6.45) is 1.23. The number of hydrogen-bond acceptors (Lipinski definition) is 11. The molecular weight excluding hydrogens is 440 g/mol. The maximum absolute atomic E-state index is 11.1. The number of hydrogen-bond donors (Lipinski definition) is 1. The highest BCUT2D eigenvalue weighted by Gasteiger charge is 1.99. The number of esters is 1. The zero-order valence-electron chi connectivity index (χ0n) is 20.2. The first-order valence-corrected chi connectivity index (χ1v) is 11.7. The Balaban J connectivity index is 3.03. The molecule has 0 aliphatic heterocycles. The first-order chi connectivity index (χ1) is 16.3. The highest BCUT2D eigenvalue weighted by Crippen LogP contribution is 1.91. The van der Waals surface area contributed by atoms with E-state index in [2.05, 4.69) is 0 Å². The van der Waals surface area contributed by atoms with Gasteiger partial charge >= 0.3 is 5.97 Å². The van der Waals surface area contributed by atoms with Gasteiger partial charge in [0.05, 0.1) is 112 Å². The minimum Gasteiger partial charge on any atom is -0.463 e. The van der Waals surface area contributed by atoms with Crippen LogP contribution in [0.25, 0.3) is 0 Å². The van der Waals surface area contributed by atoms with Crippen LogP contribution in [0.5, 0.6) is 0 Å². The molecule has 0 saturated carbocycles. The van der Waals surface area contributed by atoms with Gasteiger partial charge in [0.25, 0.3) is 0 Å². The van der Waals surface area contributed by atoms with E-state index in [-0.39, 0.29) is 19.2 Å². The fourth-order valence-electron chi connectivity index (χ4n) is 2.20. The topological polar surface area (TPSA) is 120 Å². The standard InChI is InChI=1S/C22H44O11/c1-2-3-22(24)33-21-20-32-19-18-31-17-16-30-15-14-29-13-12-28-11-10-27-9-8-26-7-6-25-5-4-23/h23H,2-21H2,1H3. The smallest absolute Gasteiger partial charge is 0.305 e. The fourth-order valence-corrected chi connectivity index (χ4v) is 2.20. The van der Waals surface area contributed by atoms with Crippen molar-refractivity contribution in [2.24, 2.45) is 0 Å². The Hall–Kier alpha value is -0.890. The van der Waals surface area contributed by atoms with Crippen molar-refractivity contribution in [1.82, 2.24) is 0 Å². The van der Waals surface area contributed by atoms with Gasteiger partial charge in [-0.1, -0.05) is 6.92 Å². The van der Waals surface area contributed by atoms with Crippen LogP contribution in [0.1, 0.15) is 19.8 Å². The molecule has 11 nitrogen and oxygen atoms in total. The van der Waals surface area contributed by atoms with Gasteiger partial charge in [-0.25, -0.2) is 0 Å². The van der Waals surface area contributed by atoms with Crippen LogP contribution in [-0.2, 0) is 47.4 Å². The van der Waals surface area contributed by atoms with Crippen molar-refractivity contribution in [3.05, 3.63) is 0 Å². The van der Waals surface area contributed by atoms with Gasteiger partial charge in [-0.05, 0) is 6.42 Å².